The van der Waals surface area contributed by atoms with Crippen LogP contribution in [-0.4, -0.2) is 31.7 Å². The number of nitrogens with zero attached hydrogens (tertiary/aromatic N) is 5. The molecule has 1 aliphatic rings. The molecule has 0 spiro atoms. The van der Waals surface area contributed by atoms with Crippen molar-refractivity contribution in [3.05, 3.63) is 117 Å². The van der Waals surface area contributed by atoms with Crippen molar-refractivity contribution in [1.82, 2.24) is 25.2 Å². The number of anilines is 1. The van der Waals surface area contributed by atoms with Gasteiger partial charge in [0.25, 0.3) is 5.56 Å². The molecule has 7 nitrogen and oxygen atoms in total. The zero-order valence-electron chi connectivity index (χ0n) is 19.6. The summed E-state index contributed by atoms with van der Waals surface area (Å²) in [6.45, 7) is 3.36. The predicted octanol–water partition coefficient (Wildman–Crippen LogP) is 4.41. The summed E-state index contributed by atoms with van der Waals surface area (Å²) in [5, 5.41) is 13.8. The molecule has 0 fully saturated rings. The number of aryl methyl sites for hydroxylation is 2. The van der Waals surface area contributed by atoms with E-state index in [4.69, 9.17) is 0 Å². The number of fused-ring (bicyclic) bond motifs is 2. The van der Waals surface area contributed by atoms with Crippen LogP contribution in [0.4, 0.5) is 5.69 Å². The largest absolute Gasteiger partial charge is 0.357 e. The van der Waals surface area contributed by atoms with Gasteiger partial charge >= 0.3 is 0 Å². The van der Waals surface area contributed by atoms with Gasteiger partial charge in [-0.1, -0.05) is 60.7 Å². The van der Waals surface area contributed by atoms with E-state index >= 15 is 0 Å². The van der Waals surface area contributed by atoms with Crippen LogP contribution in [0.2, 0.25) is 0 Å². The molecule has 1 N–H and O–H groups in total. The molecule has 6 rings (SSSR count). The Morgan fingerprint density at radius 3 is 2.71 bits per heavy atom. The summed E-state index contributed by atoms with van der Waals surface area (Å²) in [7, 11) is 0. The van der Waals surface area contributed by atoms with Crippen LogP contribution in [0.25, 0.3) is 10.9 Å². The van der Waals surface area contributed by atoms with Crippen molar-refractivity contribution in [2.75, 3.05) is 11.4 Å². The van der Waals surface area contributed by atoms with E-state index in [1.54, 1.807) is 0 Å². The van der Waals surface area contributed by atoms with E-state index in [0.717, 1.165) is 47.1 Å². The molecule has 0 saturated carbocycles. The van der Waals surface area contributed by atoms with E-state index in [1.165, 1.54) is 5.56 Å². The van der Waals surface area contributed by atoms with Crippen LogP contribution in [0.15, 0.2) is 83.7 Å². The van der Waals surface area contributed by atoms with Gasteiger partial charge in [0.05, 0.1) is 6.54 Å². The van der Waals surface area contributed by atoms with Gasteiger partial charge in [-0.3, -0.25) is 4.79 Å². The van der Waals surface area contributed by atoms with Crippen LogP contribution in [-0.2, 0) is 13.0 Å². The SMILES string of the molecule is Cc1ccc2cc(C(c3nnnn3Cc3ccccc3)N3CCCc4ccccc43)c(=O)[nH]c2c1. The van der Waals surface area contributed by atoms with Gasteiger partial charge in [0, 0.05) is 23.3 Å². The van der Waals surface area contributed by atoms with Gasteiger partial charge in [-0.2, -0.15) is 0 Å². The Morgan fingerprint density at radius 2 is 1.83 bits per heavy atom. The lowest BCUT2D eigenvalue weighted by molar-refractivity contribution is 0.555. The summed E-state index contributed by atoms with van der Waals surface area (Å²) in [6.07, 6.45) is 2.01. The third-order valence-corrected chi connectivity index (χ3v) is 6.76. The fourth-order valence-electron chi connectivity index (χ4n) is 5.09. The number of aromatic amines is 1. The van der Waals surface area contributed by atoms with Crippen molar-refractivity contribution < 1.29 is 0 Å². The quantitative estimate of drug-likeness (QED) is 0.418. The molecule has 174 valence electrons. The maximum absolute atomic E-state index is 13.5. The monoisotopic (exact) mass is 462 g/mol. The van der Waals surface area contributed by atoms with E-state index in [-0.39, 0.29) is 5.56 Å². The van der Waals surface area contributed by atoms with Crippen molar-refractivity contribution in [2.45, 2.75) is 32.4 Å². The molecule has 1 aliphatic heterocycles. The molecule has 7 heteroatoms. The number of nitrogens with one attached hydrogen (secondary N) is 1. The molecule has 0 amide bonds. The van der Waals surface area contributed by atoms with E-state index < -0.39 is 6.04 Å². The number of benzene rings is 3. The van der Waals surface area contributed by atoms with Gasteiger partial charge in [-0.15, -0.1) is 5.10 Å². The van der Waals surface area contributed by atoms with Crippen LogP contribution >= 0.6 is 0 Å². The minimum absolute atomic E-state index is 0.120. The maximum atomic E-state index is 13.5. The normalized spacial score (nSPS) is 14.1. The lowest BCUT2D eigenvalue weighted by atomic mass is 9.96. The Labute approximate surface area is 203 Å². The minimum atomic E-state index is -0.426. The summed E-state index contributed by atoms with van der Waals surface area (Å²) < 4.78 is 1.82. The number of aromatic nitrogens is 5. The van der Waals surface area contributed by atoms with Gasteiger partial charge in [0.15, 0.2) is 5.82 Å². The van der Waals surface area contributed by atoms with Crippen molar-refractivity contribution in [2.24, 2.45) is 0 Å². The molecule has 0 bridgehead atoms. The molecule has 35 heavy (non-hydrogen) atoms. The molecular formula is C28H26N6O. The lowest BCUT2D eigenvalue weighted by Gasteiger charge is -2.37. The first kappa shape index (κ1) is 21.3. The van der Waals surface area contributed by atoms with E-state index in [2.05, 4.69) is 73.9 Å². The average molecular weight is 463 g/mol. The summed E-state index contributed by atoms with van der Waals surface area (Å²) >= 11 is 0. The number of hydrogen-bond donors (Lipinski definition) is 1. The highest BCUT2D eigenvalue weighted by molar-refractivity contribution is 5.80. The maximum Gasteiger partial charge on any atom is 0.254 e. The van der Waals surface area contributed by atoms with E-state index in [9.17, 15) is 4.79 Å². The predicted molar refractivity (Wildman–Crippen MR) is 137 cm³/mol. The highest BCUT2D eigenvalue weighted by Gasteiger charge is 2.33. The second kappa shape index (κ2) is 8.83. The topological polar surface area (TPSA) is 79.7 Å². The van der Waals surface area contributed by atoms with Gasteiger partial charge in [0.2, 0.25) is 0 Å². The summed E-state index contributed by atoms with van der Waals surface area (Å²) in [6, 6.07) is 26.2. The Balaban J connectivity index is 1.54. The van der Waals surface area contributed by atoms with Crippen LogP contribution in [0, 0.1) is 6.92 Å². The Bertz CT molecular complexity index is 1560. The van der Waals surface area contributed by atoms with Crippen molar-refractivity contribution in [3.63, 3.8) is 0 Å². The average Bonchev–Trinajstić information content (AvgIpc) is 3.33. The van der Waals surface area contributed by atoms with Crippen molar-refractivity contribution in [3.8, 4) is 0 Å². The molecule has 3 aromatic carbocycles. The van der Waals surface area contributed by atoms with Crippen LogP contribution < -0.4 is 10.5 Å². The summed E-state index contributed by atoms with van der Waals surface area (Å²) in [5.41, 5.74) is 5.96. The van der Waals surface area contributed by atoms with Crippen molar-refractivity contribution in [1.29, 1.82) is 0 Å². The van der Waals surface area contributed by atoms with Crippen LogP contribution in [0.1, 0.15) is 40.5 Å². The first-order chi connectivity index (χ1) is 17.2. The fraction of sp³-hybridized carbons (Fsp3) is 0.214. The number of pyridine rings is 1. The van der Waals surface area contributed by atoms with Crippen LogP contribution in [0.5, 0.6) is 0 Å². The zero-order chi connectivity index (χ0) is 23.8. The molecule has 0 aliphatic carbocycles. The molecule has 1 unspecified atom stereocenters. The van der Waals surface area contributed by atoms with Gasteiger partial charge in [-0.25, -0.2) is 4.68 Å². The Kier molecular flexibility index (Phi) is 5.37. The van der Waals surface area contributed by atoms with Gasteiger partial charge < -0.3 is 9.88 Å². The highest BCUT2D eigenvalue weighted by Crippen LogP contribution is 2.36. The van der Waals surface area contributed by atoms with Crippen molar-refractivity contribution >= 4 is 16.6 Å². The first-order valence-electron chi connectivity index (χ1n) is 12.0. The van der Waals surface area contributed by atoms with E-state index in [1.807, 2.05) is 41.9 Å². The second-order valence-corrected chi connectivity index (χ2v) is 9.15. The second-order valence-electron chi connectivity index (χ2n) is 9.15. The minimum Gasteiger partial charge on any atom is -0.357 e. The standard InChI is InChI=1S/C28H26N6O/c1-19-13-14-22-17-23(28(35)29-24(22)16-19)26(33-15-7-11-21-10-5-6-12-25(21)33)27-30-31-32-34(27)18-20-8-3-2-4-9-20/h2-6,8-10,12-14,16-17,26H,7,11,15,18H2,1H3,(H,29,35). The molecule has 3 heterocycles. The van der Waals surface area contributed by atoms with E-state index in [0.29, 0.717) is 17.9 Å². The Morgan fingerprint density at radius 1 is 1.00 bits per heavy atom. The number of H-pyrrole nitrogens is 1. The molecule has 1 atom stereocenters. The molecular weight excluding hydrogens is 436 g/mol. The number of hydrogen-bond acceptors (Lipinski definition) is 5. The van der Waals surface area contributed by atoms with Crippen LogP contribution in [0.3, 0.4) is 0 Å². The zero-order valence-corrected chi connectivity index (χ0v) is 19.6. The Hall–Kier alpha value is -4.26. The summed E-state index contributed by atoms with van der Waals surface area (Å²) in [4.78, 5) is 18.9. The van der Waals surface area contributed by atoms with Gasteiger partial charge in [0.1, 0.15) is 6.04 Å². The number of tetrazole rings is 1. The first-order valence-corrected chi connectivity index (χ1v) is 12.0. The number of para-hydroxylation sites is 1. The third-order valence-electron chi connectivity index (χ3n) is 6.76. The highest BCUT2D eigenvalue weighted by atomic mass is 16.1. The number of rotatable bonds is 5. The summed E-state index contributed by atoms with van der Waals surface area (Å²) in [5.74, 6) is 0.655. The fourth-order valence-corrected chi connectivity index (χ4v) is 5.09. The van der Waals surface area contributed by atoms with Gasteiger partial charge in [-0.05, 0) is 70.5 Å². The molecule has 2 aromatic heterocycles. The molecule has 5 aromatic rings. The smallest absolute Gasteiger partial charge is 0.254 e. The molecule has 0 saturated heterocycles. The molecule has 0 radical (unpaired) electrons. The third kappa shape index (κ3) is 3.99. The lowest BCUT2D eigenvalue weighted by Crippen LogP contribution is -2.38.